The number of hydrogen-bond donors (Lipinski definition) is 1. The molecular weight excluding hydrogens is 381 g/mol. The first kappa shape index (κ1) is 19.4. The fourth-order valence-electron chi connectivity index (χ4n) is 2.99. The highest BCUT2D eigenvalue weighted by molar-refractivity contribution is 7.89. The van der Waals surface area contributed by atoms with Crippen molar-refractivity contribution < 1.29 is 26.4 Å². The van der Waals surface area contributed by atoms with E-state index in [2.05, 4.69) is 5.32 Å². The van der Waals surface area contributed by atoms with Crippen LogP contribution in [0.3, 0.4) is 0 Å². The van der Waals surface area contributed by atoms with Gasteiger partial charge in [-0.25, -0.2) is 21.6 Å². The number of carbonyl (C=O) groups excluding carboxylic acids is 1. The Labute approximate surface area is 154 Å². The first-order valence-corrected chi connectivity index (χ1v) is 9.74. The molecule has 5 nitrogen and oxygen atoms in total. The molecule has 0 atom stereocenters. The third-order valence-corrected chi connectivity index (χ3v) is 6.42. The maximum Gasteiger partial charge on any atom is 0.245 e. The summed E-state index contributed by atoms with van der Waals surface area (Å²) in [7, 11) is -4.01. The molecule has 0 spiro atoms. The van der Waals surface area contributed by atoms with Gasteiger partial charge < -0.3 is 5.32 Å². The van der Waals surface area contributed by atoms with Crippen LogP contribution in [0.4, 0.5) is 18.9 Å². The Morgan fingerprint density at radius 3 is 2.07 bits per heavy atom. The molecule has 1 aliphatic heterocycles. The Morgan fingerprint density at radius 2 is 1.48 bits per heavy atom. The molecule has 1 amide bonds. The first-order chi connectivity index (χ1) is 12.8. The Morgan fingerprint density at radius 1 is 0.926 bits per heavy atom. The fraction of sp³-hybridized carbons (Fsp3) is 0.278. The van der Waals surface area contributed by atoms with Crippen LogP contribution in [-0.4, -0.2) is 31.7 Å². The van der Waals surface area contributed by atoms with Crippen LogP contribution in [0.25, 0.3) is 0 Å². The van der Waals surface area contributed by atoms with E-state index in [-0.39, 0.29) is 25.9 Å². The summed E-state index contributed by atoms with van der Waals surface area (Å²) in [6, 6.07) is 8.32. The minimum absolute atomic E-state index is 0.00844. The summed E-state index contributed by atoms with van der Waals surface area (Å²) in [6.07, 6.45) is 0.325. The molecule has 144 valence electrons. The molecule has 9 heteroatoms. The molecule has 1 saturated heterocycles. The normalized spacial score (nSPS) is 16.3. The van der Waals surface area contributed by atoms with Gasteiger partial charge >= 0.3 is 0 Å². The van der Waals surface area contributed by atoms with Crippen molar-refractivity contribution in [2.75, 3.05) is 18.4 Å². The average Bonchev–Trinajstić information content (AvgIpc) is 2.65. The summed E-state index contributed by atoms with van der Waals surface area (Å²) in [5.41, 5.74) is -0.524. The lowest BCUT2D eigenvalue weighted by atomic mass is 9.97. The number of sulfonamides is 1. The van der Waals surface area contributed by atoms with E-state index in [0.717, 1.165) is 22.5 Å². The highest BCUT2D eigenvalue weighted by Gasteiger charge is 2.33. The van der Waals surface area contributed by atoms with Crippen molar-refractivity contribution in [3.63, 3.8) is 0 Å². The highest BCUT2D eigenvalue weighted by Crippen LogP contribution is 2.27. The van der Waals surface area contributed by atoms with Gasteiger partial charge in [-0.05, 0) is 37.1 Å². The van der Waals surface area contributed by atoms with Crippen molar-refractivity contribution in [2.24, 2.45) is 5.92 Å². The first-order valence-electron chi connectivity index (χ1n) is 8.30. The number of para-hydroxylation sites is 1. The smallest absolute Gasteiger partial charge is 0.245 e. The van der Waals surface area contributed by atoms with Gasteiger partial charge in [0.25, 0.3) is 0 Å². The molecule has 3 rings (SSSR count). The standard InChI is InChI=1S/C18H17F3N2O3S/c19-13-4-1-2-7-16(13)27(25,26)23-10-8-12(9-11-23)18(24)22-17-14(20)5-3-6-15(17)21/h1-7,12H,8-11H2,(H,22,24). The van der Waals surface area contributed by atoms with Crippen LogP contribution < -0.4 is 5.32 Å². The van der Waals surface area contributed by atoms with Crippen molar-refractivity contribution in [3.8, 4) is 0 Å². The number of amides is 1. The molecule has 27 heavy (non-hydrogen) atoms. The van der Waals surface area contributed by atoms with Crippen LogP contribution in [0, 0.1) is 23.4 Å². The number of nitrogens with one attached hydrogen (secondary N) is 1. The molecule has 1 fully saturated rings. The lowest BCUT2D eigenvalue weighted by molar-refractivity contribution is -0.121. The zero-order valence-corrected chi connectivity index (χ0v) is 15.0. The van der Waals surface area contributed by atoms with Gasteiger partial charge in [-0.1, -0.05) is 18.2 Å². The van der Waals surface area contributed by atoms with Gasteiger partial charge in [-0.15, -0.1) is 0 Å². The highest BCUT2D eigenvalue weighted by atomic mass is 32.2. The predicted molar refractivity (Wildman–Crippen MR) is 92.9 cm³/mol. The number of piperidine rings is 1. The second-order valence-electron chi connectivity index (χ2n) is 6.19. The fourth-order valence-corrected chi connectivity index (χ4v) is 4.53. The lowest BCUT2D eigenvalue weighted by Gasteiger charge is -2.30. The summed E-state index contributed by atoms with van der Waals surface area (Å²) < 4.78 is 67.3. The zero-order valence-electron chi connectivity index (χ0n) is 14.2. The monoisotopic (exact) mass is 398 g/mol. The van der Waals surface area contributed by atoms with Crippen molar-refractivity contribution in [3.05, 3.63) is 59.9 Å². The number of hydrogen-bond acceptors (Lipinski definition) is 3. The minimum atomic E-state index is -4.01. The van der Waals surface area contributed by atoms with Crippen molar-refractivity contribution in [1.82, 2.24) is 4.31 Å². The van der Waals surface area contributed by atoms with Crippen LogP contribution >= 0.6 is 0 Å². The molecule has 0 unspecified atom stereocenters. The third-order valence-electron chi connectivity index (χ3n) is 4.49. The SMILES string of the molecule is O=C(Nc1c(F)cccc1F)C1CCN(S(=O)(=O)c2ccccc2F)CC1. The van der Waals surface area contributed by atoms with Crippen molar-refractivity contribution >= 4 is 21.6 Å². The summed E-state index contributed by atoms with van der Waals surface area (Å²) in [5, 5.41) is 2.23. The quantitative estimate of drug-likeness (QED) is 0.861. The molecule has 0 aliphatic carbocycles. The minimum Gasteiger partial charge on any atom is -0.321 e. The average molecular weight is 398 g/mol. The number of rotatable bonds is 4. The van der Waals surface area contributed by atoms with Crippen molar-refractivity contribution in [2.45, 2.75) is 17.7 Å². The molecule has 2 aromatic carbocycles. The summed E-state index contributed by atoms with van der Waals surface area (Å²) in [6.45, 7) is 0.0169. The second-order valence-corrected chi connectivity index (χ2v) is 8.10. The molecule has 1 N–H and O–H groups in total. The van der Waals surface area contributed by atoms with Crippen LogP contribution in [0.2, 0.25) is 0 Å². The Bertz CT molecular complexity index is 938. The molecule has 0 radical (unpaired) electrons. The van der Waals surface area contributed by atoms with Gasteiger partial charge in [0, 0.05) is 19.0 Å². The molecule has 0 aromatic heterocycles. The van der Waals surface area contributed by atoms with E-state index in [1.807, 2.05) is 0 Å². The summed E-state index contributed by atoms with van der Waals surface area (Å²) in [5.74, 6) is -3.80. The third kappa shape index (κ3) is 3.98. The van der Waals surface area contributed by atoms with Crippen LogP contribution in [0.5, 0.6) is 0 Å². The second kappa shape index (κ2) is 7.69. The summed E-state index contributed by atoms with van der Waals surface area (Å²) in [4.78, 5) is 11.9. The van der Waals surface area contributed by atoms with Gasteiger partial charge in [0.05, 0.1) is 0 Å². The topological polar surface area (TPSA) is 66.5 Å². The Kier molecular flexibility index (Phi) is 5.52. The number of nitrogens with zero attached hydrogens (tertiary/aromatic N) is 1. The molecular formula is C18H17F3N2O3S. The maximum atomic E-state index is 13.8. The van der Waals surface area contributed by atoms with E-state index < -0.39 is 49.9 Å². The number of anilines is 1. The van der Waals surface area contributed by atoms with Gasteiger partial charge in [0.15, 0.2) is 0 Å². The lowest BCUT2D eigenvalue weighted by Crippen LogP contribution is -2.41. The molecule has 1 heterocycles. The van der Waals surface area contributed by atoms with Gasteiger partial charge in [0.1, 0.15) is 28.0 Å². The van der Waals surface area contributed by atoms with E-state index in [9.17, 15) is 26.4 Å². The van der Waals surface area contributed by atoms with Crippen LogP contribution in [0.15, 0.2) is 47.4 Å². The Balaban J connectivity index is 1.67. The van der Waals surface area contributed by atoms with E-state index in [1.54, 1.807) is 0 Å². The number of benzene rings is 2. The zero-order chi connectivity index (χ0) is 19.6. The van der Waals surface area contributed by atoms with E-state index >= 15 is 0 Å². The van der Waals surface area contributed by atoms with Crippen LogP contribution in [0.1, 0.15) is 12.8 Å². The van der Waals surface area contributed by atoms with Gasteiger partial charge in [0.2, 0.25) is 15.9 Å². The Hall–Kier alpha value is -2.39. The maximum absolute atomic E-state index is 13.8. The predicted octanol–water partition coefficient (Wildman–Crippen LogP) is 3.14. The van der Waals surface area contributed by atoms with Crippen LogP contribution in [-0.2, 0) is 14.8 Å². The number of halogens is 3. The van der Waals surface area contributed by atoms with Gasteiger partial charge in [-0.3, -0.25) is 4.79 Å². The number of carbonyl (C=O) groups is 1. The van der Waals surface area contributed by atoms with E-state index in [1.165, 1.54) is 24.3 Å². The molecule has 0 saturated carbocycles. The van der Waals surface area contributed by atoms with Crippen molar-refractivity contribution in [1.29, 1.82) is 0 Å². The molecule has 2 aromatic rings. The largest absolute Gasteiger partial charge is 0.321 e. The molecule has 0 bridgehead atoms. The van der Waals surface area contributed by atoms with E-state index in [0.29, 0.717) is 0 Å². The molecule has 1 aliphatic rings. The van der Waals surface area contributed by atoms with Gasteiger partial charge in [-0.2, -0.15) is 4.31 Å². The summed E-state index contributed by atoms with van der Waals surface area (Å²) >= 11 is 0. The van der Waals surface area contributed by atoms with E-state index in [4.69, 9.17) is 0 Å².